The van der Waals surface area contributed by atoms with Gasteiger partial charge in [-0.25, -0.2) is 13.8 Å². The molecule has 19 heavy (non-hydrogen) atoms. The van der Waals surface area contributed by atoms with Crippen LogP contribution in [0.5, 0.6) is 5.88 Å². The van der Waals surface area contributed by atoms with Gasteiger partial charge in [0.05, 0.1) is 6.61 Å². The van der Waals surface area contributed by atoms with Crippen LogP contribution in [0.15, 0.2) is 17.8 Å². The lowest BCUT2D eigenvalue weighted by atomic mass is 10.1. The summed E-state index contributed by atoms with van der Waals surface area (Å²) in [5, 5.41) is 9.34. The number of aryl methyl sites for hydroxylation is 1. The van der Waals surface area contributed by atoms with E-state index in [9.17, 15) is 13.9 Å². The molecule has 1 heterocycles. The lowest BCUT2D eigenvalue weighted by Gasteiger charge is -2.13. The molecule has 1 saturated carbocycles. The molecule has 104 valence electrons. The van der Waals surface area contributed by atoms with Crippen LogP contribution in [-0.2, 0) is 0 Å². The number of allylic oxidation sites excluding steroid dienone is 1. The minimum absolute atomic E-state index is 0.0241. The minimum atomic E-state index is -2.88. The number of alkyl halides is 2. The summed E-state index contributed by atoms with van der Waals surface area (Å²) in [6.07, 6.45) is 3.58. The molecule has 0 saturated heterocycles. The maximum atomic E-state index is 12.7. The summed E-state index contributed by atoms with van der Waals surface area (Å²) in [6, 6.07) is 1.81. The van der Waals surface area contributed by atoms with E-state index in [2.05, 4.69) is 4.98 Å². The Morgan fingerprint density at radius 1 is 1.47 bits per heavy atom. The van der Waals surface area contributed by atoms with Crippen LogP contribution < -0.4 is 4.74 Å². The molecule has 0 aromatic carbocycles. The van der Waals surface area contributed by atoms with Gasteiger partial charge in [0, 0.05) is 18.7 Å². The Hall–Kier alpha value is -1.49. The number of aromatic nitrogens is 1. The number of ether oxygens (including phenoxy) is 1. The minimum Gasteiger partial charge on any atom is -0.471 e. The molecule has 0 radical (unpaired) electrons. The summed E-state index contributed by atoms with van der Waals surface area (Å²) in [4.78, 5) is 4.06. The fourth-order valence-corrected chi connectivity index (χ4v) is 1.84. The number of nitrogens with zero attached hydrogens (tertiary/aromatic N) is 1. The molecule has 1 aromatic rings. The second kappa shape index (κ2) is 5.25. The van der Waals surface area contributed by atoms with E-state index in [4.69, 9.17) is 4.74 Å². The van der Waals surface area contributed by atoms with Gasteiger partial charge in [-0.15, -0.1) is 0 Å². The predicted octanol–water partition coefficient (Wildman–Crippen LogP) is 2.96. The highest BCUT2D eigenvalue weighted by atomic mass is 19.3. The molecule has 3 nitrogen and oxygen atoms in total. The van der Waals surface area contributed by atoms with E-state index in [1.54, 1.807) is 13.1 Å². The standard InChI is InChI=1S/C14H17F2NO2/c1-9-5-11(12(7-18)10-3-4-10)6-17-13(9)19-8-14(2,15)16/h5-6,18H,3-4,7-8H2,1-2H3. The van der Waals surface area contributed by atoms with Crippen molar-refractivity contribution in [2.24, 2.45) is 0 Å². The average Bonchev–Trinajstić information content (AvgIpc) is 3.12. The number of hydrogen-bond acceptors (Lipinski definition) is 3. The van der Waals surface area contributed by atoms with E-state index in [0.717, 1.165) is 30.9 Å². The van der Waals surface area contributed by atoms with E-state index in [1.807, 2.05) is 6.07 Å². The zero-order valence-electron chi connectivity index (χ0n) is 11.0. The van der Waals surface area contributed by atoms with Gasteiger partial charge in [-0.2, -0.15) is 0 Å². The second-order valence-electron chi connectivity index (χ2n) is 4.95. The first-order valence-corrected chi connectivity index (χ1v) is 6.20. The molecule has 0 unspecified atom stereocenters. The summed E-state index contributed by atoms with van der Waals surface area (Å²) in [6.45, 7) is 1.85. The van der Waals surface area contributed by atoms with E-state index >= 15 is 0 Å². The summed E-state index contributed by atoms with van der Waals surface area (Å²) in [5.41, 5.74) is 3.65. The molecule has 1 aromatic heterocycles. The molecule has 2 rings (SSSR count). The number of pyridine rings is 1. The summed E-state index contributed by atoms with van der Waals surface area (Å²) in [7, 11) is 0. The Morgan fingerprint density at radius 3 is 2.63 bits per heavy atom. The predicted molar refractivity (Wildman–Crippen MR) is 68.3 cm³/mol. The van der Waals surface area contributed by atoms with Crippen LogP contribution in [0.2, 0.25) is 0 Å². The number of hydrogen-bond donors (Lipinski definition) is 1. The van der Waals surface area contributed by atoms with Crippen molar-refractivity contribution < 1.29 is 18.6 Å². The molecule has 1 fully saturated rings. The first-order valence-electron chi connectivity index (χ1n) is 6.20. The first kappa shape index (κ1) is 13.9. The average molecular weight is 269 g/mol. The number of rotatable bonds is 5. The Balaban J connectivity index is 2.16. The maximum absolute atomic E-state index is 12.7. The van der Waals surface area contributed by atoms with Gasteiger partial charge >= 0.3 is 0 Å². The maximum Gasteiger partial charge on any atom is 0.278 e. The van der Waals surface area contributed by atoms with Gasteiger partial charge < -0.3 is 9.84 Å². The van der Waals surface area contributed by atoms with Crippen molar-refractivity contribution in [2.45, 2.75) is 32.6 Å². The second-order valence-corrected chi connectivity index (χ2v) is 4.95. The van der Waals surface area contributed by atoms with E-state index in [-0.39, 0.29) is 12.5 Å². The van der Waals surface area contributed by atoms with Crippen molar-refractivity contribution in [2.75, 3.05) is 13.2 Å². The van der Waals surface area contributed by atoms with Crippen LogP contribution in [0.4, 0.5) is 8.78 Å². The SMILES string of the molecule is Cc1cc(C(CO)=C2CC2)cnc1OCC(C)(F)F. The van der Waals surface area contributed by atoms with Gasteiger partial charge in [0.25, 0.3) is 5.92 Å². The lowest BCUT2D eigenvalue weighted by Crippen LogP contribution is -2.21. The zero-order chi connectivity index (χ0) is 14.0. The van der Waals surface area contributed by atoms with Crippen molar-refractivity contribution >= 4 is 5.57 Å². The third-order valence-electron chi connectivity index (χ3n) is 2.93. The molecule has 0 spiro atoms. The van der Waals surface area contributed by atoms with Crippen LogP contribution in [-0.4, -0.2) is 29.2 Å². The largest absolute Gasteiger partial charge is 0.471 e. The van der Waals surface area contributed by atoms with Crippen molar-refractivity contribution in [3.05, 3.63) is 29.0 Å². The van der Waals surface area contributed by atoms with Crippen molar-refractivity contribution in [3.63, 3.8) is 0 Å². The summed E-state index contributed by atoms with van der Waals surface area (Å²) < 4.78 is 30.5. The van der Waals surface area contributed by atoms with Crippen molar-refractivity contribution in [1.82, 2.24) is 4.98 Å². The van der Waals surface area contributed by atoms with Crippen LogP contribution in [0.3, 0.4) is 0 Å². The highest BCUT2D eigenvalue weighted by molar-refractivity contribution is 5.72. The fraction of sp³-hybridized carbons (Fsp3) is 0.500. The lowest BCUT2D eigenvalue weighted by molar-refractivity contribution is -0.0244. The highest BCUT2D eigenvalue weighted by Gasteiger charge is 2.23. The van der Waals surface area contributed by atoms with Gasteiger partial charge in [0.1, 0.15) is 0 Å². The van der Waals surface area contributed by atoms with Gasteiger partial charge in [-0.3, -0.25) is 0 Å². The molecule has 0 aliphatic heterocycles. The van der Waals surface area contributed by atoms with E-state index < -0.39 is 12.5 Å². The molecule has 0 amide bonds. The third kappa shape index (κ3) is 3.73. The number of halogens is 2. The van der Waals surface area contributed by atoms with Crippen molar-refractivity contribution in [3.8, 4) is 5.88 Å². The van der Waals surface area contributed by atoms with Crippen LogP contribution in [0.25, 0.3) is 5.57 Å². The zero-order valence-corrected chi connectivity index (χ0v) is 11.0. The fourth-order valence-electron chi connectivity index (χ4n) is 1.84. The smallest absolute Gasteiger partial charge is 0.278 e. The van der Waals surface area contributed by atoms with E-state index in [1.165, 1.54) is 5.57 Å². The van der Waals surface area contributed by atoms with Gasteiger partial charge in [-0.1, -0.05) is 5.57 Å². The topological polar surface area (TPSA) is 42.4 Å². The molecule has 1 N–H and O–H groups in total. The molecule has 1 aliphatic rings. The Morgan fingerprint density at radius 2 is 2.16 bits per heavy atom. The molecule has 5 heteroatoms. The third-order valence-corrected chi connectivity index (χ3v) is 2.93. The highest BCUT2D eigenvalue weighted by Crippen LogP contribution is 2.36. The number of aliphatic hydroxyl groups excluding tert-OH is 1. The Kier molecular flexibility index (Phi) is 3.85. The first-order chi connectivity index (χ1) is 8.90. The Labute approximate surface area is 110 Å². The normalized spacial score (nSPS) is 14.5. The van der Waals surface area contributed by atoms with Crippen LogP contribution in [0, 0.1) is 6.92 Å². The molecule has 1 aliphatic carbocycles. The molecule has 0 atom stereocenters. The van der Waals surface area contributed by atoms with Gasteiger partial charge in [-0.05, 0) is 37.0 Å². The molecule has 0 bridgehead atoms. The van der Waals surface area contributed by atoms with Gasteiger partial charge in [0.2, 0.25) is 5.88 Å². The van der Waals surface area contributed by atoms with E-state index in [0.29, 0.717) is 5.56 Å². The monoisotopic (exact) mass is 269 g/mol. The van der Waals surface area contributed by atoms with Crippen molar-refractivity contribution in [1.29, 1.82) is 0 Å². The van der Waals surface area contributed by atoms with Gasteiger partial charge in [0.15, 0.2) is 6.61 Å². The summed E-state index contributed by atoms with van der Waals surface area (Å²) >= 11 is 0. The van der Waals surface area contributed by atoms with Crippen LogP contribution in [0.1, 0.15) is 30.9 Å². The molecular formula is C14H17F2NO2. The summed E-state index contributed by atoms with van der Waals surface area (Å²) in [5.74, 6) is -2.66. The molecular weight excluding hydrogens is 252 g/mol. The van der Waals surface area contributed by atoms with Crippen LogP contribution >= 0.6 is 0 Å². The Bertz CT molecular complexity index is 501. The number of aliphatic hydroxyl groups is 1. The quantitative estimate of drug-likeness (QED) is 0.893.